The van der Waals surface area contributed by atoms with Crippen LogP contribution >= 0.6 is 0 Å². The van der Waals surface area contributed by atoms with E-state index in [0.717, 1.165) is 13.8 Å². The van der Waals surface area contributed by atoms with Crippen molar-refractivity contribution in [1.82, 2.24) is 5.32 Å². The van der Waals surface area contributed by atoms with Crippen molar-refractivity contribution < 1.29 is 68.5 Å². The van der Waals surface area contributed by atoms with Crippen molar-refractivity contribution in [2.24, 2.45) is 0 Å². The van der Waals surface area contributed by atoms with Crippen LogP contribution in [0.25, 0.3) is 0 Å². The van der Waals surface area contributed by atoms with Crippen LogP contribution in [0.2, 0.25) is 0 Å². The van der Waals surface area contributed by atoms with Crippen LogP contribution < -0.4 is 5.32 Å². The molecule has 15 heteroatoms. The lowest BCUT2D eigenvalue weighted by Gasteiger charge is -2.57. The maximum Gasteiger partial charge on any atom is 0.302 e. The predicted octanol–water partition coefficient (Wildman–Crippen LogP) is -3.93. The van der Waals surface area contributed by atoms with Crippen molar-refractivity contribution in [1.29, 1.82) is 0 Å². The highest BCUT2D eigenvalue weighted by Gasteiger charge is 2.78. The molecule has 0 spiro atoms. The van der Waals surface area contributed by atoms with Gasteiger partial charge in [0.1, 0.15) is 18.8 Å². The smallest absolute Gasteiger partial charge is 0.302 e. The SMILES string of the molecule is CCOC(OCC[C@@H]1O[C@H](C(=O)C(C)O)[C@@](O)(C(C)=O)[C@@](O)(C(C)=O)[C@]1(O)C(C)=O)C(=O)NC(=O)C#CCO. The third-order valence-electron chi connectivity index (χ3n) is 6.20. The minimum absolute atomic E-state index is 0.0907. The molecule has 0 aromatic carbocycles. The van der Waals surface area contributed by atoms with Gasteiger partial charge in [-0.1, -0.05) is 5.92 Å². The fourth-order valence-corrected chi connectivity index (χ4v) is 4.26. The van der Waals surface area contributed by atoms with Gasteiger partial charge in [-0.2, -0.15) is 0 Å². The second-order valence-corrected chi connectivity index (χ2v) is 8.72. The molecular formula is C24H33NO14. The normalized spacial score (nSPS) is 29.8. The standard InChI is InChI=1S/C24H33NO14/c1-6-37-21(20(33)25-17(31)8-7-10-26)38-11-9-16-22(34,13(3)28)24(36,15(5)30)23(35,14(4)29)19(39-16)18(32)12(2)27/h12,16,19,21,26-27,34-36H,6,9-11H2,1-5H3,(H,25,31,33)/t12?,16-,19+,21?,22-,23-,24+/m0/s1. The first-order chi connectivity index (χ1) is 18.0. The van der Waals surface area contributed by atoms with Gasteiger partial charge < -0.3 is 39.7 Å². The van der Waals surface area contributed by atoms with Crippen LogP contribution in [-0.4, -0.2) is 122 Å². The molecular weight excluding hydrogens is 526 g/mol. The number of carbonyl (C=O) groups excluding carboxylic acids is 6. The zero-order valence-corrected chi connectivity index (χ0v) is 22.0. The van der Waals surface area contributed by atoms with E-state index in [-0.39, 0.29) is 6.61 Å². The number of aliphatic hydroxyl groups is 5. The van der Waals surface area contributed by atoms with E-state index in [0.29, 0.717) is 13.8 Å². The molecule has 2 unspecified atom stereocenters. The van der Waals surface area contributed by atoms with Gasteiger partial charge in [-0.25, -0.2) is 0 Å². The van der Waals surface area contributed by atoms with E-state index in [1.54, 1.807) is 0 Å². The van der Waals surface area contributed by atoms with Crippen LogP contribution in [0.15, 0.2) is 0 Å². The maximum atomic E-state index is 12.8. The summed E-state index contributed by atoms with van der Waals surface area (Å²) in [7, 11) is 0. The molecule has 2 amide bonds. The average Bonchev–Trinajstić information content (AvgIpc) is 2.85. The summed E-state index contributed by atoms with van der Waals surface area (Å²) in [6, 6.07) is 0. The van der Waals surface area contributed by atoms with Crippen LogP contribution in [0.1, 0.15) is 41.0 Å². The summed E-state index contributed by atoms with van der Waals surface area (Å²) in [6.45, 7) is 3.15. The Morgan fingerprint density at radius 1 is 0.974 bits per heavy atom. The van der Waals surface area contributed by atoms with Crippen molar-refractivity contribution in [3.63, 3.8) is 0 Å². The summed E-state index contributed by atoms with van der Waals surface area (Å²) in [6.07, 6.45) is -8.71. The summed E-state index contributed by atoms with van der Waals surface area (Å²) < 4.78 is 15.8. The molecule has 218 valence electrons. The van der Waals surface area contributed by atoms with Gasteiger partial charge >= 0.3 is 5.91 Å². The minimum atomic E-state index is -3.62. The van der Waals surface area contributed by atoms with Crippen LogP contribution in [0, 0.1) is 11.8 Å². The number of hydrogen-bond acceptors (Lipinski definition) is 14. The highest BCUT2D eigenvalue weighted by atomic mass is 16.7. The van der Waals surface area contributed by atoms with Crippen molar-refractivity contribution >= 4 is 34.9 Å². The molecule has 1 aliphatic rings. The van der Waals surface area contributed by atoms with Gasteiger partial charge in [-0.3, -0.25) is 34.1 Å². The molecule has 1 aliphatic heterocycles. The van der Waals surface area contributed by atoms with Crippen LogP contribution in [0.3, 0.4) is 0 Å². The zero-order chi connectivity index (χ0) is 30.3. The van der Waals surface area contributed by atoms with Gasteiger partial charge in [-0.05, 0) is 40.5 Å². The van der Waals surface area contributed by atoms with Gasteiger partial charge in [0.25, 0.3) is 5.91 Å². The summed E-state index contributed by atoms with van der Waals surface area (Å²) in [5, 5.41) is 54.4. The number of Topliss-reactive ketones (excluding diaryl/α,β-unsaturated/α-hetero) is 4. The lowest BCUT2D eigenvalue weighted by atomic mass is 9.58. The fourth-order valence-electron chi connectivity index (χ4n) is 4.26. The lowest BCUT2D eigenvalue weighted by Crippen LogP contribution is -2.86. The number of hydrogen-bond donors (Lipinski definition) is 6. The summed E-state index contributed by atoms with van der Waals surface area (Å²) in [5.41, 5.74) is -10.4. The Kier molecular flexibility index (Phi) is 11.7. The van der Waals surface area contributed by atoms with Crippen molar-refractivity contribution in [2.75, 3.05) is 19.8 Å². The van der Waals surface area contributed by atoms with E-state index >= 15 is 0 Å². The Hall–Kier alpha value is -2.94. The molecule has 7 atom stereocenters. The highest BCUT2D eigenvalue weighted by Crippen LogP contribution is 2.47. The molecule has 1 rings (SSSR count). The summed E-state index contributed by atoms with van der Waals surface area (Å²) in [5.74, 6) is -3.83. The van der Waals surface area contributed by atoms with E-state index in [1.165, 1.54) is 6.92 Å². The quantitative estimate of drug-likeness (QED) is 0.0988. The lowest BCUT2D eigenvalue weighted by molar-refractivity contribution is -0.315. The Morgan fingerprint density at radius 2 is 1.54 bits per heavy atom. The number of rotatable bonds is 12. The molecule has 1 heterocycles. The molecule has 6 N–H and O–H groups in total. The molecule has 0 radical (unpaired) electrons. The first kappa shape index (κ1) is 34.1. The molecule has 0 aromatic rings. The monoisotopic (exact) mass is 559 g/mol. The Morgan fingerprint density at radius 3 is 1.97 bits per heavy atom. The number of ketones is 4. The molecule has 0 aliphatic carbocycles. The number of imide groups is 1. The molecule has 1 saturated heterocycles. The number of amides is 2. The maximum absolute atomic E-state index is 12.8. The van der Waals surface area contributed by atoms with Crippen molar-refractivity contribution in [2.45, 2.75) is 82.4 Å². The Bertz CT molecular complexity index is 1060. The largest absolute Gasteiger partial charge is 0.386 e. The Labute approximate surface area is 223 Å². The van der Waals surface area contributed by atoms with E-state index in [2.05, 4.69) is 0 Å². The van der Waals surface area contributed by atoms with Crippen LogP contribution in [0.5, 0.6) is 0 Å². The number of nitrogens with one attached hydrogen (secondary N) is 1. The molecule has 1 fully saturated rings. The summed E-state index contributed by atoms with van der Waals surface area (Å²) >= 11 is 0. The van der Waals surface area contributed by atoms with E-state index < -0.39 is 96.0 Å². The van der Waals surface area contributed by atoms with Gasteiger partial charge in [0.2, 0.25) is 6.29 Å². The van der Waals surface area contributed by atoms with Gasteiger partial charge in [0.15, 0.2) is 46.0 Å². The molecule has 0 saturated carbocycles. The van der Waals surface area contributed by atoms with Crippen molar-refractivity contribution in [3.05, 3.63) is 0 Å². The third kappa shape index (κ3) is 6.29. The van der Waals surface area contributed by atoms with E-state index in [9.17, 15) is 49.2 Å². The van der Waals surface area contributed by atoms with Gasteiger partial charge in [0.05, 0.1) is 6.61 Å². The zero-order valence-electron chi connectivity index (χ0n) is 22.0. The van der Waals surface area contributed by atoms with Crippen LogP contribution in [0.4, 0.5) is 0 Å². The van der Waals surface area contributed by atoms with E-state index in [1.807, 2.05) is 17.2 Å². The first-order valence-corrected chi connectivity index (χ1v) is 11.7. The number of ether oxygens (including phenoxy) is 3. The third-order valence-corrected chi connectivity index (χ3v) is 6.20. The predicted molar refractivity (Wildman–Crippen MR) is 126 cm³/mol. The average molecular weight is 560 g/mol. The highest BCUT2D eigenvalue weighted by molar-refractivity contribution is 6.08. The second kappa shape index (κ2) is 13.4. The van der Waals surface area contributed by atoms with Gasteiger partial charge in [-0.15, -0.1) is 0 Å². The molecule has 0 aromatic heterocycles. The molecule has 0 bridgehead atoms. The molecule has 15 nitrogen and oxygen atoms in total. The van der Waals surface area contributed by atoms with Gasteiger partial charge in [0, 0.05) is 13.0 Å². The Balaban J connectivity index is 3.46. The fraction of sp³-hybridized carbons (Fsp3) is 0.667. The number of carbonyl (C=O) groups is 6. The number of aliphatic hydroxyl groups excluding tert-OH is 2. The van der Waals surface area contributed by atoms with E-state index in [4.69, 9.17) is 19.3 Å². The first-order valence-electron chi connectivity index (χ1n) is 11.7. The second-order valence-electron chi connectivity index (χ2n) is 8.72. The topological polar surface area (TPSA) is 243 Å². The van der Waals surface area contributed by atoms with Crippen molar-refractivity contribution in [3.8, 4) is 11.8 Å². The summed E-state index contributed by atoms with van der Waals surface area (Å²) in [4.78, 5) is 74.7. The van der Waals surface area contributed by atoms with Crippen LogP contribution in [-0.2, 0) is 43.0 Å². The minimum Gasteiger partial charge on any atom is -0.386 e. The molecule has 39 heavy (non-hydrogen) atoms.